The molecule has 1 atom stereocenters. The van der Waals surface area contributed by atoms with Crippen LogP contribution in [-0.2, 0) is 9.53 Å². The van der Waals surface area contributed by atoms with Crippen LogP contribution in [0, 0.1) is 13.8 Å². The zero-order valence-electron chi connectivity index (χ0n) is 16.4. The summed E-state index contributed by atoms with van der Waals surface area (Å²) >= 11 is 3.88. The van der Waals surface area contributed by atoms with Crippen LogP contribution in [0.25, 0.3) is 0 Å². The molecule has 2 aromatic rings. The average Bonchev–Trinajstić information content (AvgIpc) is 2.70. The predicted molar refractivity (Wildman–Crippen MR) is 118 cm³/mol. The van der Waals surface area contributed by atoms with Crippen molar-refractivity contribution in [3.05, 3.63) is 64.7 Å². The summed E-state index contributed by atoms with van der Waals surface area (Å²) in [5.41, 5.74) is 4.50. The largest absolute Gasteiger partial charge is 0.449 e. The number of amides is 1. The van der Waals surface area contributed by atoms with Gasteiger partial charge >= 0.3 is 5.97 Å². The van der Waals surface area contributed by atoms with Crippen LogP contribution >= 0.6 is 23.5 Å². The van der Waals surface area contributed by atoms with E-state index in [4.69, 9.17) is 4.74 Å². The van der Waals surface area contributed by atoms with Crippen LogP contribution in [0.5, 0.6) is 0 Å². The number of rotatable bonds is 5. The summed E-state index contributed by atoms with van der Waals surface area (Å²) in [4.78, 5) is 24.8. The topological polar surface area (TPSA) is 55.4 Å². The van der Waals surface area contributed by atoms with Crippen molar-refractivity contribution in [3.8, 4) is 0 Å². The van der Waals surface area contributed by atoms with Crippen LogP contribution < -0.4 is 5.32 Å². The normalized spacial score (nSPS) is 15.7. The molecule has 4 nitrogen and oxygen atoms in total. The van der Waals surface area contributed by atoms with Crippen molar-refractivity contribution in [2.75, 3.05) is 16.8 Å². The Bertz CT molecular complexity index is 845. The molecule has 6 heteroatoms. The number of anilines is 1. The first-order valence-electron chi connectivity index (χ1n) is 9.36. The van der Waals surface area contributed by atoms with Crippen LogP contribution in [0.3, 0.4) is 0 Å². The second kappa shape index (κ2) is 9.52. The first-order valence-corrected chi connectivity index (χ1v) is 11.5. The molecule has 0 radical (unpaired) electrons. The number of carbonyl (C=O) groups is 2. The first kappa shape index (κ1) is 20.8. The van der Waals surface area contributed by atoms with Crippen LogP contribution in [0.2, 0.25) is 0 Å². The monoisotopic (exact) mass is 415 g/mol. The van der Waals surface area contributed by atoms with Crippen molar-refractivity contribution in [1.29, 1.82) is 0 Å². The minimum Gasteiger partial charge on any atom is -0.449 e. The summed E-state index contributed by atoms with van der Waals surface area (Å²) in [6.07, 6.45) is 0.371. The van der Waals surface area contributed by atoms with Crippen molar-refractivity contribution < 1.29 is 14.3 Å². The molecule has 1 aliphatic heterocycles. The second-order valence-electron chi connectivity index (χ2n) is 6.90. The highest BCUT2D eigenvalue weighted by molar-refractivity contribution is 8.16. The van der Waals surface area contributed by atoms with Gasteiger partial charge in [0.15, 0.2) is 6.10 Å². The molecule has 1 amide bonds. The smallest absolute Gasteiger partial charge is 0.338 e. The zero-order valence-corrected chi connectivity index (χ0v) is 18.0. The van der Waals surface area contributed by atoms with E-state index >= 15 is 0 Å². The van der Waals surface area contributed by atoms with Gasteiger partial charge in [-0.25, -0.2) is 4.79 Å². The van der Waals surface area contributed by atoms with Gasteiger partial charge in [0.05, 0.1) is 10.1 Å². The lowest BCUT2D eigenvalue weighted by molar-refractivity contribution is -0.123. The lowest BCUT2D eigenvalue weighted by atomic mass is 10.1. The number of ether oxygens (including phenoxy) is 1. The molecular weight excluding hydrogens is 390 g/mol. The van der Waals surface area contributed by atoms with Gasteiger partial charge in [-0.2, -0.15) is 0 Å². The molecule has 2 aromatic carbocycles. The number of aryl methyl sites for hydroxylation is 2. The van der Waals surface area contributed by atoms with E-state index in [9.17, 15) is 9.59 Å². The quantitative estimate of drug-likeness (QED) is 0.667. The van der Waals surface area contributed by atoms with E-state index in [1.165, 1.54) is 23.5 Å². The Kier molecular flexibility index (Phi) is 7.08. The molecule has 1 fully saturated rings. The average molecular weight is 416 g/mol. The van der Waals surface area contributed by atoms with Gasteiger partial charge in [-0.15, -0.1) is 23.5 Å². The maximum Gasteiger partial charge on any atom is 0.338 e. The van der Waals surface area contributed by atoms with Gasteiger partial charge in [0.2, 0.25) is 0 Å². The molecule has 3 rings (SSSR count). The van der Waals surface area contributed by atoms with Crippen molar-refractivity contribution in [2.45, 2.75) is 37.9 Å². The van der Waals surface area contributed by atoms with Gasteiger partial charge in [-0.3, -0.25) is 4.79 Å². The minimum atomic E-state index is -0.877. The summed E-state index contributed by atoms with van der Waals surface area (Å²) in [7, 11) is 0. The molecule has 28 heavy (non-hydrogen) atoms. The van der Waals surface area contributed by atoms with Gasteiger partial charge in [-0.1, -0.05) is 29.8 Å². The number of nitrogens with one attached hydrogen (secondary N) is 1. The number of thioether (sulfide) groups is 2. The standard InChI is InChI=1S/C22H25NO3S2/c1-14-5-10-19(15(2)13-14)23-20(24)16(3)26-21(25)17-6-8-18(9-7-17)22-27-11-4-12-28-22/h5-10,13,16,22H,4,11-12H2,1-3H3,(H,23,24)/t16-/m1/s1. The summed E-state index contributed by atoms with van der Waals surface area (Å²) in [6, 6.07) is 13.3. The summed E-state index contributed by atoms with van der Waals surface area (Å²) in [6.45, 7) is 5.52. The van der Waals surface area contributed by atoms with Crippen LogP contribution in [0.15, 0.2) is 42.5 Å². The summed E-state index contributed by atoms with van der Waals surface area (Å²) in [5.74, 6) is 1.52. The maximum atomic E-state index is 12.4. The molecule has 0 aliphatic carbocycles. The highest BCUT2D eigenvalue weighted by Crippen LogP contribution is 2.43. The Balaban J connectivity index is 1.57. The van der Waals surface area contributed by atoms with E-state index in [1.807, 2.05) is 67.7 Å². The third-order valence-electron chi connectivity index (χ3n) is 4.54. The number of hydrogen-bond donors (Lipinski definition) is 1. The van der Waals surface area contributed by atoms with Crippen molar-refractivity contribution in [1.82, 2.24) is 0 Å². The number of hydrogen-bond acceptors (Lipinski definition) is 5. The number of benzene rings is 2. The van der Waals surface area contributed by atoms with Crippen molar-refractivity contribution >= 4 is 41.1 Å². The molecule has 0 bridgehead atoms. The number of carbonyl (C=O) groups excluding carboxylic acids is 2. The maximum absolute atomic E-state index is 12.4. The van der Waals surface area contributed by atoms with E-state index in [0.29, 0.717) is 10.1 Å². The van der Waals surface area contributed by atoms with Gasteiger partial charge in [-0.05, 0) is 68.0 Å². The van der Waals surface area contributed by atoms with E-state index in [0.717, 1.165) is 16.8 Å². The number of esters is 1. The lowest BCUT2D eigenvalue weighted by Gasteiger charge is -2.21. The van der Waals surface area contributed by atoms with Gasteiger partial charge in [0, 0.05) is 5.69 Å². The SMILES string of the molecule is Cc1ccc(NC(=O)[C@@H](C)OC(=O)c2ccc(C3SCCCS3)cc2)c(C)c1. The van der Waals surface area contributed by atoms with Crippen molar-refractivity contribution in [2.24, 2.45) is 0 Å². The van der Waals surface area contributed by atoms with Gasteiger partial charge in [0.25, 0.3) is 5.91 Å². The molecule has 0 saturated carbocycles. The van der Waals surface area contributed by atoms with Gasteiger partial charge < -0.3 is 10.1 Å². The predicted octanol–water partition coefficient (Wildman–Crippen LogP) is 5.36. The van der Waals surface area contributed by atoms with E-state index in [2.05, 4.69) is 5.32 Å². The fraction of sp³-hybridized carbons (Fsp3) is 0.364. The summed E-state index contributed by atoms with van der Waals surface area (Å²) < 4.78 is 5.79. The Morgan fingerprint density at radius 1 is 1.07 bits per heavy atom. The molecule has 1 saturated heterocycles. The van der Waals surface area contributed by atoms with E-state index < -0.39 is 12.1 Å². The minimum absolute atomic E-state index is 0.341. The molecule has 0 spiro atoms. The fourth-order valence-corrected chi connectivity index (χ4v) is 5.82. The Morgan fingerprint density at radius 2 is 1.75 bits per heavy atom. The van der Waals surface area contributed by atoms with Crippen LogP contribution in [-0.4, -0.2) is 29.5 Å². The lowest BCUT2D eigenvalue weighted by Crippen LogP contribution is -2.30. The first-order chi connectivity index (χ1) is 13.4. The molecule has 0 unspecified atom stereocenters. The second-order valence-corrected chi connectivity index (χ2v) is 9.63. The van der Waals surface area contributed by atoms with E-state index in [-0.39, 0.29) is 5.91 Å². The highest BCUT2D eigenvalue weighted by atomic mass is 32.2. The van der Waals surface area contributed by atoms with Crippen LogP contribution in [0.1, 0.15) is 45.0 Å². The third-order valence-corrected chi connectivity index (χ3v) is 7.55. The zero-order chi connectivity index (χ0) is 20.1. The highest BCUT2D eigenvalue weighted by Gasteiger charge is 2.21. The molecule has 1 N–H and O–H groups in total. The summed E-state index contributed by atoms with van der Waals surface area (Å²) in [5, 5.41) is 2.82. The van der Waals surface area contributed by atoms with Crippen molar-refractivity contribution in [3.63, 3.8) is 0 Å². The van der Waals surface area contributed by atoms with Gasteiger partial charge in [0.1, 0.15) is 0 Å². The molecule has 1 heterocycles. The van der Waals surface area contributed by atoms with Crippen LogP contribution in [0.4, 0.5) is 5.69 Å². The van der Waals surface area contributed by atoms with E-state index in [1.54, 1.807) is 19.1 Å². The Labute approximate surface area is 174 Å². The molecule has 0 aromatic heterocycles. The molecular formula is C22H25NO3S2. The fourth-order valence-electron chi connectivity index (χ4n) is 2.93. The molecule has 148 valence electrons. The Morgan fingerprint density at radius 3 is 2.39 bits per heavy atom. The Hall–Kier alpha value is -1.92. The molecule has 1 aliphatic rings. The third kappa shape index (κ3) is 5.32.